The monoisotopic (exact) mass is 490 g/mol. The first-order valence-corrected chi connectivity index (χ1v) is 11.4. The van der Waals surface area contributed by atoms with Gasteiger partial charge in [0.1, 0.15) is 0 Å². The van der Waals surface area contributed by atoms with Gasteiger partial charge < -0.3 is 4.74 Å². The summed E-state index contributed by atoms with van der Waals surface area (Å²) < 4.78 is 5.11. The van der Waals surface area contributed by atoms with Gasteiger partial charge in [-0.1, -0.05) is 41.9 Å². The fourth-order valence-corrected chi connectivity index (χ4v) is 3.98. The van der Waals surface area contributed by atoms with E-state index in [0.717, 1.165) is 10.5 Å². The van der Waals surface area contributed by atoms with Crippen LogP contribution in [0.1, 0.15) is 45.7 Å². The second-order valence-corrected chi connectivity index (χ2v) is 8.61. The molecule has 3 aromatic carbocycles. The lowest BCUT2D eigenvalue weighted by Crippen LogP contribution is -2.40. The maximum Gasteiger partial charge on any atom is 0.338 e. The van der Waals surface area contributed by atoms with Gasteiger partial charge in [-0.05, 0) is 61.0 Å². The summed E-state index contributed by atoms with van der Waals surface area (Å²) >= 11 is 5.81. The molecule has 178 valence electrons. The van der Waals surface area contributed by atoms with E-state index in [2.05, 4.69) is 5.32 Å². The van der Waals surface area contributed by atoms with Crippen molar-refractivity contribution in [3.8, 4) is 0 Å². The molecule has 1 saturated heterocycles. The number of hydrogen-bond acceptors (Lipinski definition) is 6. The molecule has 1 N–H and O–H groups in total. The molecule has 0 spiro atoms. The number of Topliss-reactive ketones (excluding diaryl/α,β-unsaturated/α-hetero) is 1. The zero-order valence-corrected chi connectivity index (χ0v) is 19.7. The maximum absolute atomic E-state index is 12.9. The Labute approximate surface area is 207 Å². The average Bonchev–Trinajstić information content (AvgIpc) is 3.15. The normalized spacial score (nSPS) is 16.3. The minimum Gasteiger partial charge on any atom is -0.454 e. The quantitative estimate of drug-likeness (QED) is 0.286. The van der Waals surface area contributed by atoms with Crippen molar-refractivity contribution in [1.29, 1.82) is 0 Å². The van der Waals surface area contributed by atoms with Gasteiger partial charge in [0, 0.05) is 16.6 Å². The molecule has 7 nitrogen and oxygen atoms in total. The third-order valence-electron chi connectivity index (χ3n) is 5.76. The van der Waals surface area contributed by atoms with Gasteiger partial charge in [-0.3, -0.25) is 19.7 Å². The van der Waals surface area contributed by atoms with Crippen LogP contribution in [0.15, 0.2) is 78.9 Å². The molecule has 0 saturated carbocycles. The number of halogens is 1. The maximum atomic E-state index is 12.9. The van der Waals surface area contributed by atoms with E-state index < -0.39 is 18.6 Å². The summed E-state index contributed by atoms with van der Waals surface area (Å²) in [5.41, 5.74) is 1.96. The van der Waals surface area contributed by atoms with Crippen molar-refractivity contribution in [3.05, 3.63) is 101 Å². The summed E-state index contributed by atoms with van der Waals surface area (Å²) in [6.45, 7) is 1.52. The summed E-state index contributed by atoms with van der Waals surface area (Å²) in [5.74, 6) is -1.71. The zero-order chi connectivity index (χ0) is 24.9. The summed E-state index contributed by atoms with van der Waals surface area (Å²) in [5, 5.41) is 3.72. The molecule has 8 heteroatoms. The van der Waals surface area contributed by atoms with Crippen molar-refractivity contribution in [2.75, 3.05) is 11.5 Å². The van der Waals surface area contributed by atoms with Crippen LogP contribution in [0.25, 0.3) is 0 Å². The number of carbonyl (C=O) groups is 4. The van der Waals surface area contributed by atoms with Gasteiger partial charge in [0.15, 0.2) is 12.4 Å². The number of imide groups is 1. The van der Waals surface area contributed by atoms with Crippen molar-refractivity contribution in [1.82, 2.24) is 5.32 Å². The highest BCUT2D eigenvalue weighted by Crippen LogP contribution is 2.25. The molecular formula is C27H23ClN2O5. The highest BCUT2D eigenvalue weighted by Gasteiger charge is 2.40. The van der Waals surface area contributed by atoms with Crippen molar-refractivity contribution < 1.29 is 23.9 Å². The number of ketones is 1. The molecule has 0 aliphatic carbocycles. The minimum absolute atomic E-state index is 0.0482. The predicted octanol–water partition coefficient (Wildman–Crippen LogP) is 4.36. The van der Waals surface area contributed by atoms with Crippen LogP contribution in [0.4, 0.5) is 5.69 Å². The van der Waals surface area contributed by atoms with Gasteiger partial charge in [0.05, 0.1) is 23.7 Å². The van der Waals surface area contributed by atoms with E-state index in [9.17, 15) is 19.2 Å². The lowest BCUT2D eigenvalue weighted by Gasteiger charge is -2.19. The minimum atomic E-state index is -0.686. The number of anilines is 1. The molecule has 0 bridgehead atoms. The number of ether oxygens (including phenoxy) is 1. The van der Waals surface area contributed by atoms with Crippen molar-refractivity contribution >= 4 is 40.9 Å². The molecule has 1 aliphatic rings. The number of esters is 1. The summed E-state index contributed by atoms with van der Waals surface area (Å²) in [7, 11) is 0. The van der Waals surface area contributed by atoms with Crippen LogP contribution in [0.3, 0.4) is 0 Å². The second-order valence-electron chi connectivity index (χ2n) is 8.18. The third-order valence-corrected chi connectivity index (χ3v) is 6.01. The highest BCUT2D eigenvalue weighted by atomic mass is 35.5. The van der Waals surface area contributed by atoms with E-state index in [4.69, 9.17) is 16.3 Å². The SMILES string of the molecule is CC(NC1CC(=O)N(c2ccc(C(=O)OCC(=O)c3ccc(Cl)cc3)cc2)C1=O)c1ccccc1. The van der Waals surface area contributed by atoms with Crippen LogP contribution in [-0.2, 0) is 14.3 Å². The summed E-state index contributed by atoms with van der Waals surface area (Å²) in [6, 6.07) is 21.1. The molecule has 2 atom stereocenters. The number of rotatable bonds is 8. The first kappa shape index (κ1) is 24.3. The fraction of sp³-hybridized carbons (Fsp3) is 0.185. The Hall–Kier alpha value is -3.81. The Morgan fingerprint density at radius 2 is 1.60 bits per heavy atom. The van der Waals surface area contributed by atoms with Crippen molar-refractivity contribution in [2.24, 2.45) is 0 Å². The molecule has 1 heterocycles. The number of hydrogen-bond donors (Lipinski definition) is 1. The van der Waals surface area contributed by atoms with E-state index in [1.165, 1.54) is 24.3 Å². The fourth-order valence-electron chi connectivity index (χ4n) is 3.85. The molecular weight excluding hydrogens is 468 g/mol. The van der Waals surface area contributed by atoms with E-state index in [1.54, 1.807) is 24.3 Å². The highest BCUT2D eigenvalue weighted by molar-refractivity contribution is 6.30. The number of nitrogens with one attached hydrogen (secondary N) is 1. The third kappa shape index (κ3) is 5.65. The lowest BCUT2D eigenvalue weighted by atomic mass is 10.1. The topological polar surface area (TPSA) is 92.8 Å². The lowest BCUT2D eigenvalue weighted by molar-refractivity contribution is -0.121. The Bertz CT molecular complexity index is 1240. The number of benzene rings is 3. The van der Waals surface area contributed by atoms with E-state index in [-0.39, 0.29) is 35.6 Å². The zero-order valence-electron chi connectivity index (χ0n) is 18.9. The summed E-state index contributed by atoms with van der Waals surface area (Å²) in [4.78, 5) is 51.2. The van der Waals surface area contributed by atoms with E-state index >= 15 is 0 Å². The van der Waals surface area contributed by atoms with E-state index in [1.807, 2.05) is 37.3 Å². The molecule has 1 aliphatic heterocycles. The largest absolute Gasteiger partial charge is 0.454 e. The van der Waals surface area contributed by atoms with Gasteiger partial charge in [0.25, 0.3) is 5.91 Å². The molecule has 0 aromatic heterocycles. The Morgan fingerprint density at radius 3 is 2.26 bits per heavy atom. The molecule has 1 fully saturated rings. The molecule has 35 heavy (non-hydrogen) atoms. The number of carbonyl (C=O) groups excluding carboxylic acids is 4. The van der Waals surface area contributed by atoms with E-state index in [0.29, 0.717) is 16.3 Å². The molecule has 0 radical (unpaired) electrons. The first-order valence-electron chi connectivity index (χ1n) is 11.1. The number of amides is 2. The predicted molar refractivity (Wildman–Crippen MR) is 131 cm³/mol. The van der Waals surface area contributed by atoms with Crippen molar-refractivity contribution in [3.63, 3.8) is 0 Å². The van der Waals surface area contributed by atoms with Gasteiger partial charge in [-0.25, -0.2) is 9.69 Å². The molecule has 3 aromatic rings. The number of nitrogens with zero attached hydrogens (tertiary/aromatic N) is 1. The Morgan fingerprint density at radius 1 is 0.971 bits per heavy atom. The first-order chi connectivity index (χ1) is 16.8. The Kier molecular flexibility index (Phi) is 7.39. The molecule has 4 rings (SSSR count). The van der Waals surface area contributed by atoms with Crippen LogP contribution in [0.5, 0.6) is 0 Å². The smallest absolute Gasteiger partial charge is 0.338 e. The van der Waals surface area contributed by atoms with Crippen LogP contribution in [0, 0.1) is 0 Å². The molecule has 2 amide bonds. The van der Waals surface area contributed by atoms with Gasteiger partial charge in [-0.2, -0.15) is 0 Å². The van der Waals surface area contributed by atoms with Crippen LogP contribution in [-0.4, -0.2) is 36.2 Å². The second kappa shape index (κ2) is 10.6. The van der Waals surface area contributed by atoms with Crippen molar-refractivity contribution in [2.45, 2.75) is 25.4 Å². The molecule has 2 unspecified atom stereocenters. The van der Waals surface area contributed by atoms with Gasteiger partial charge in [0.2, 0.25) is 5.91 Å². The average molecular weight is 491 g/mol. The van der Waals surface area contributed by atoms with Crippen LogP contribution < -0.4 is 10.2 Å². The van der Waals surface area contributed by atoms with Gasteiger partial charge >= 0.3 is 5.97 Å². The van der Waals surface area contributed by atoms with Crippen LogP contribution >= 0.6 is 11.6 Å². The summed E-state index contributed by atoms with van der Waals surface area (Å²) in [6.07, 6.45) is 0.0482. The Balaban J connectivity index is 1.36. The standard InChI is InChI=1S/C27H23ClN2O5/c1-17(18-5-3-2-4-6-18)29-23-15-25(32)30(26(23)33)22-13-9-20(10-14-22)27(34)35-16-24(31)19-7-11-21(28)12-8-19/h2-14,17,23,29H,15-16H2,1H3. The van der Waals surface area contributed by atoms with Gasteiger partial charge in [-0.15, -0.1) is 0 Å². The van der Waals surface area contributed by atoms with Crippen LogP contribution in [0.2, 0.25) is 5.02 Å².